The maximum absolute atomic E-state index is 12.2. The molecule has 0 radical (unpaired) electrons. The van der Waals surface area contributed by atoms with Crippen molar-refractivity contribution in [2.75, 3.05) is 5.73 Å². The average molecular weight is 297 g/mol. The number of rotatable bonds is 4. The summed E-state index contributed by atoms with van der Waals surface area (Å²) in [4.78, 5) is 20.5. The molecular formula is C14H15N7O. The van der Waals surface area contributed by atoms with E-state index in [0.717, 1.165) is 24.4 Å². The van der Waals surface area contributed by atoms with Crippen molar-refractivity contribution in [1.29, 1.82) is 0 Å². The zero-order valence-electron chi connectivity index (χ0n) is 11.9. The van der Waals surface area contributed by atoms with Gasteiger partial charge in [-0.2, -0.15) is 4.98 Å². The number of hydrogen-bond acceptors (Lipinski definition) is 5. The molecule has 4 heterocycles. The van der Waals surface area contributed by atoms with Crippen molar-refractivity contribution < 1.29 is 0 Å². The highest BCUT2D eigenvalue weighted by molar-refractivity contribution is 5.87. The molecular weight excluding hydrogens is 282 g/mol. The quantitative estimate of drug-likeness (QED) is 0.756. The summed E-state index contributed by atoms with van der Waals surface area (Å²) >= 11 is 0. The Morgan fingerprint density at radius 2 is 2.27 bits per heavy atom. The van der Waals surface area contributed by atoms with Crippen molar-refractivity contribution >= 4 is 23.1 Å². The van der Waals surface area contributed by atoms with E-state index in [1.165, 1.54) is 0 Å². The van der Waals surface area contributed by atoms with Gasteiger partial charge in [-0.05, 0) is 12.5 Å². The summed E-state index contributed by atoms with van der Waals surface area (Å²) in [7, 11) is 0. The van der Waals surface area contributed by atoms with E-state index in [1.807, 2.05) is 27.6 Å². The minimum atomic E-state index is -0.303. The van der Waals surface area contributed by atoms with Gasteiger partial charge in [-0.1, -0.05) is 0 Å². The molecule has 22 heavy (non-hydrogen) atoms. The lowest BCUT2D eigenvalue weighted by Gasteiger charge is -2.16. The lowest BCUT2D eigenvalue weighted by molar-refractivity contribution is 0.600. The molecule has 0 spiro atoms. The molecule has 3 aromatic rings. The van der Waals surface area contributed by atoms with Crippen LogP contribution in [-0.4, -0.2) is 28.9 Å². The maximum atomic E-state index is 12.2. The van der Waals surface area contributed by atoms with Crippen molar-refractivity contribution in [1.82, 2.24) is 28.9 Å². The highest BCUT2D eigenvalue weighted by Crippen LogP contribution is 2.21. The van der Waals surface area contributed by atoms with Crippen LogP contribution in [-0.2, 0) is 19.5 Å². The minimum absolute atomic E-state index is 0.234. The number of aryl methyl sites for hydroxylation is 2. The summed E-state index contributed by atoms with van der Waals surface area (Å²) in [6.07, 6.45) is 10.9. The number of nitrogens with two attached hydrogens (primary N) is 1. The van der Waals surface area contributed by atoms with Crippen LogP contribution in [0.4, 0.5) is 5.82 Å². The Morgan fingerprint density at radius 3 is 3.09 bits per heavy atom. The normalized spacial score (nSPS) is 13.1. The first-order valence-corrected chi connectivity index (χ1v) is 7.14. The summed E-state index contributed by atoms with van der Waals surface area (Å²) in [5.74, 6) is 1.00. The second-order valence-corrected chi connectivity index (χ2v) is 5.26. The van der Waals surface area contributed by atoms with Gasteiger partial charge in [0.15, 0.2) is 11.5 Å². The van der Waals surface area contributed by atoms with Gasteiger partial charge in [0.25, 0.3) is 5.56 Å². The number of anilines is 1. The maximum Gasteiger partial charge on any atom is 0.286 e. The first-order chi connectivity index (χ1) is 10.7. The van der Waals surface area contributed by atoms with Gasteiger partial charge in [0, 0.05) is 38.1 Å². The summed E-state index contributed by atoms with van der Waals surface area (Å²) in [5.41, 5.74) is 6.27. The van der Waals surface area contributed by atoms with E-state index in [1.54, 1.807) is 17.2 Å². The van der Waals surface area contributed by atoms with Gasteiger partial charge in [-0.3, -0.25) is 4.79 Å². The van der Waals surface area contributed by atoms with E-state index in [4.69, 9.17) is 5.73 Å². The fourth-order valence-corrected chi connectivity index (χ4v) is 2.84. The Morgan fingerprint density at radius 1 is 1.36 bits per heavy atom. The van der Waals surface area contributed by atoms with Gasteiger partial charge in [-0.15, -0.1) is 5.10 Å². The number of imidazole rings is 1. The Bertz CT molecular complexity index is 917. The lowest BCUT2D eigenvalue weighted by Crippen LogP contribution is -2.21. The second kappa shape index (κ2) is 4.83. The average Bonchev–Trinajstić information content (AvgIpc) is 3.12. The topological polar surface area (TPSA) is 96.5 Å². The second-order valence-electron chi connectivity index (χ2n) is 5.26. The largest absolute Gasteiger partial charge is 0.381 e. The zero-order chi connectivity index (χ0) is 15.1. The van der Waals surface area contributed by atoms with E-state index >= 15 is 0 Å². The molecule has 0 saturated carbocycles. The van der Waals surface area contributed by atoms with Gasteiger partial charge in [0.2, 0.25) is 0 Å². The molecule has 0 atom stereocenters. The Kier molecular flexibility index (Phi) is 2.81. The van der Waals surface area contributed by atoms with Crippen molar-refractivity contribution in [2.24, 2.45) is 0 Å². The third-order valence-corrected chi connectivity index (χ3v) is 3.83. The number of aromatic nitrogens is 6. The molecule has 2 N–H and O–H groups in total. The first-order valence-electron chi connectivity index (χ1n) is 7.14. The predicted molar refractivity (Wildman–Crippen MR) is 82.1 cm³/mol. The molecule has 0 aliphatic carbocycles. The minimum Gasteiger partial charge on any atom is -0.381 e. The summed E-state index contributed by atoms with van der Waals surface area (Å²) < 4.78 is 5.67. The van der Waals surface area contributed by atoms with E-state index in [0.29, 0.717) is 18.4 Å². The third-order valence-electron chi connectivity index (χ3n) is 3.83. The van der Waals surface area contributed by atoms with Crippen molar-refractivity contribution in [3.8, 4) is 0 Å². The van der Waals surface area contributed by atoms with E-state index in [-0.39, 0.29) is 11.4 Å². The van der Waals surface area contributed by atoms with Crippen LogP contribution in [0, 0.1) is 0 Å². The SMILES string of the molecule is Nc1nn2c3c1c(=O)nc(CCCn1ccnc1)n3CC=C2. The molecule has 112 valence electrons. The number of allylic oxidation sites excluding steroid dienone is 1. The monoisotopic (exact) mass is 297 g/mol. The lowest BCUT2D eigenvalue weighted by atomic mass is 10.2. The number of nitrogens with zero attached hydrogens (tertiary/aromatic N) is 6. The van der Waals surface area contributed by atoms with Gasteiger partial charge in [0.05, 0.1) is 6.33 Å². The standard InChI is InChI=1S/C14H15N7O/c15-12-11-13(22)17-10(3-1-5-19-8-4-16-9-19)20-6-2-7-21(18-12)14(11)20/h2,4,7-9H,1,3,5-6H2,(H2,15,18). The van der Waals surface area contributed by atoms with Crippen molar-refractivity contribution in [2.45, 2.75) is 25.9 Å². The number of hydrogen-bond donors (Lipinski definition) is 1. The predicted octanol–water partition coefficient (Wildman–Crippen LogP) is 0.489. The highest BCUT2D eigenvalue weighted by atomic mass is 16.1. The van der Waals surface area contributed by atoms with Gasteiger partial charge in [-0.25, -0.2) is 9.67 Å². The molecule has 8 nitrogen and oxygen atoms in total. The fraction of sp³-hybridized carbons (Fsp3) is 0.286. The van der Waals surface area contributed by atoms with Crippen LogP contribution in [0.2, 0.25) is 0 Å². The molecule has 1 aliphatic heterocycles. The summed E-state index contributed by atoms with van der Waals surface area (Å²) in [6, 6.07) is 0. The molecule has 8 heteroatoms. The fourth-order valence-electron chi connectivity index (χ4n) is 2.84. The molecule has 1 aliphatic rings. The molecule has 0 saturated heterocycles. The van der Waals surface area contributed by atoms with Crippen LogP contribution >= 0.6 is 0 Å². The van der Waals surface area contributed by atoms with Crippen molar-refractivity contribution in [3.05, 3.63) is 41.0 Å². The molecule has 0 fully saturated rings. The van der Waals surface area contributed by atoms with Gasteiger partial charge >= 0.3 is 0 Å². The Balaban J connectivity index is 1.70. The Hall–Kier alpha value is -2.90. The van der Waals surface area contributed by atoms with Gasteiger partial charge in [0.1, 0.15) is 11.2 Å². The summed E-state index contributed by atoms with van der Waals surface area (Å²) in [6.45, 7) is 1.51. The molecule has 0 bridgehead atoms. The van der Waals surface area contributed by atoms with E-state index in [9.17, 15) is 4.79 Å². The molecule has 4 rings (SSSR count). The first kappa shape index (κ1) is 12.8. The molecule has 0 aromatic carbocycles. The third kappa shape index (κ3) is 1.92. The zero-order valence-corrected chi connectivity index (χ0v) is 11.9. The summed E-state index contributed by atoms with van der Waals surface area (Å²) in [5, 5.41) is 4.58. The van der Waals surface area contributed by atoms with Crippen LogP contribution in [0.25, 0.3) is 17.2 Å². The van der Waals surface area contributed by atoms with Gasteiger partial charge < -0.3 is 14.9 Å². The Labute approximate surface area is 125 Å². The molecule has 3 aromatic heterocycles. The molecule has 0 amide bonds. The number of nitrogen functional groups attached to an aromatic ring is 1. The van der Waals surface area contributed by atoms with Crippen LogP contribution < -0.4 is 11.3 Å². The molecule has 0 unspecified atom stereocenters. The highest BCUT2D eigenvalue weighted by Gasteiger charge is 2.19. The van der Waals surface area contributed by atoms with Crippen LogP contribution in [0.15, 0.2) is 29.6 Å². The van der Waals surface area contributed by atoms with Crippen molar-refractivity contribution in [3.63, 3.8) is 0 Å². The van der Waals surface area contributed by atoms with Crippen LogP contribution in [0.1, 0.15) is 12.2 Å². The van der Waals surface area contributed by atoms with E-state index < -0.39 is 0 Å². The smallest absolute Gasteiger partial charge is 0.286 e. The van der Waals surface area contributed by atoms with E-state index in [2.05, 4.69) is 15.1 Å². The van der Waals surface area contributed by atoms with Crippen LogP contribution in [0.3, 0.4) is 0 Å². The van der Waals surface area contributed by atoms with Crippen LogP contribution in [0.5, 0.6) is 0 Å².